The molecule has 1 aromatic rings. The van der Waals surface area contributed by atoms with Gasteiger partial charge in [0.15, 0.2) is 0 Å². The Kier molecular flexibility index (Phi) is 4.49. The average molecular weight is 333 g/mol. The van der Waals surface area contributed by atoms with Crippen LogP contribution >= 0.6 is 27.3 Å². The quantitative estimate of drug-likeness (QED) is 0.924. The summed E-state index contributed by atoms with van der Waals surface area (Å²) in [6, 6.07) is 4.64. The maximum atomic E-state index is 6.24. The number of ether oxygens (including phenoxy) is 1. The number of hydrogen-bond acceptors (Lipinski definition) is 4. The van der Waals surface area contributed by atoms with E-state index in [4.69, 9.17) is 10.5 Å². The number of morpholine rings is 1. The molecule has 102 valence electrons. The van der Waals surface area contributed by atoms with Crippen molar-refractivity contribution in [1.29, 1.82) is 0 Å². The maximum absolute atomic E-state index is 6.24. The SMILES string of the molecule is CC(N)C(c1ccc(Br)s1)N1CCOCC1(C)C. The lowest BCUT2D eigenvalue weighted by atomic mass is 9.96. The minimum absolute atomic E-state index is 0.0347. The summed E-state index contributed by atoms with van der Waals surface area (Å²) in [5, 5.41) is 0. The van der Waals surface area contributed by atoms with Gasteiger partial charge in [-0.05, 0) is 48.8 Å². The monoisotopic (exact) mass is 332 g/mol. The second kappa shape index (κ2) is 5.59. The molecule has 2 heterocycles. The number of thiophene rings is 1. The maximum Gasteiger partial charge on any atom is 0.0702 e. The molecule has 0 saturated carbocycles. The molecule has 0 spiro atoms. The number of hydrogen-bond donors (Lipinski definition) is 1. The molecule has 1 aliphatic heterocycles. The van der Waals surface area contributed by atoms with E-state index in [-0.39, 0.29) is 17.6 Å². The second-order valence-corrected chi connectivity index (χ2v) is 8.00. The molecule has 0 aromatic carbocycles. The Hall–Kier alpha value is 0.0600. The van der Waals surface area contributed by atoms with E-state index in [0.717, 1.165) is 23.5 Å². The minimum atomic E-state index is 0.0347. The molecule has 18 heavy (non-hydrogen) atoms. The van der Waals surface area contributed by atoms with Gasteiger partial charge >= 0.3 is 0 Å². The normalized spacial score (nSPS) is 23.8. The molecular weight excluding hydrogens is 312 g/mol. The number of halogens is 1. The fourth-order valence-corrected chi connectivity index (χ4v) is 4.22. The predicted octanol–water partition coefficient (Wildman–Crippen LogP) is 3.01. The van der Waals surface area contributed by atoms with E-state index >= 15 is 0 Å². The molecule has 1 fully saturated rings. The number of nitrogens with two attached hydrogens (primary N) is 1. The van der Waals surface area contributed by atoms with E-state index in [1.165, 1.54) is 4.88 Å². The molecule has 1 saturated heterocycles. The number of rotatable bonds is 3. The Balaban J connectivity index is 2.30. The fraction of sp³-hybridized carbons (Fsp3) is 0.692. The first-order chi connectivity index (χ1) is 8.42. The Morgan fingerprint density at radius 3 is 2.72 bits per heavy atom. The highest BCUT2D eigenvalue weighted by Crippen LogP contribution is 2.37. The van der Waals surface area contributed by atoms with Crippen molar-refractivity contribution < 1.29 is 4.74 Å². The Labute approximate surface area is 121 Å². The van der Waals surface area contributed by atoms with E-state index in [1.807, 2.05) is 0 Å². The van der Waals surface area contributed by atoms with Crippen LogP contribution in [-0.2, 0) is 4.74 Å². The lowest BCUT2D eigenvalue weighted by molar-refractivity contribution is -0.0759. The van der Waals surface area contributed by atoms with Crippen LogP contribution in [0.5, 0.6) is 0 Å². The highest BCUT2D eigenvalue weighted by Gasteiger charge is 2.38. The van der Waals surface area contributed by atoms with Gasteiger partial charge in [-0.15, -0.1) is 11.3 Å². The average Bonchev–Trinajstić information content (AvgIpc) is 2.67. The zero-order chi connectivity index (χ0) is 13.3. The van der Waals surface area contributed by atoms with Crippen molar-refractivity contribution in [3.05, 3.63) is 20.8 Å². The van der Waals surface area contributed by atoms with Crippen LogP contribution in [0.1, 0.15) is 31.7 Å². The van der Waals surface area contributed by atoms with Crippen molar-refractivity contribution in [3.63, 3.8) is 0 Å². The molecule has 0 amide bonds. The van der Waals surface area contributed by atoms with Crippen LogP contribution in [0.2, 0.25) is 0 Å². The lowest BCUT2D eigenvalue weighted by Crippen LogP contribution is -2.57. The summed E-state index contributed by atoms with van der Waals surface area (Å²) in [6.45, 7) is 9.04. The van der Waals surface area contributed by atoms with Gasteiger partial charge in [-0.2, -0.15) is 0 Å². The third-order valence-corrected chi connectivity index (χ3v) is 5.12. The molecule has 2 N–H and O–H groups in total. The first-order valence-corrected chi connectivity index (χ1v) is 7.88. The molecule has 2 unspecified atom stereocenters. The summed E-state index contributed by atoms with van der Waals surface area (Å²) in [5.41, 5.74) is 6.27. The summed E-state index contributed by atoms with van der Waals surface area (Å²) in [4.78, 5) is 3.81. The topological polar surface area (TPSA) is 38.5 Å². The van der Waals surface area contributed by atoms with Gasteiger partial charge in [0.25, 0.3) is 0 Å². The first kappa shape index (κ1) is 14.5. The Bertz CT molecular complexity index is 405. The van der Waals surface area contributed by atoms with Crippen molar-refractivity contribution in [3.8, 4) is 0 Å². The van der Waals surface area contributed by atoms with E-state index in [0.29, 0.717) is 0 Å². The molecule has 1 aliphatic rings. The predicted molar refractivity (Wildman–Crippen MR) is 80.0 cm³/mol. The van der Waals surface area contributed by atoms with E-state index < -0.39 is 0 Å². The van der Waals surface area contributed by atoms with Crippen molar-refractivity contribution >= 4 is 27.3 Å². The third kappa shape index (κ3) is 2.96. The van der Waals surface area contributed by atoms with E-state index in [1.54, 1.807) is 11.3 Å². The standard InChI is InChI=1S/C13H21BrN2OS/c1-9(15)12(10-4-5-11(14)18-10)16-6-7-17-8-13(16,2)3/h4-5,9,12H,6-8,15H2,1-3H3. The first-order valence-electron chi connectivity index (χ1n) is 6.27. The van der Waals surface area contributed by atoms with Crippen LogP contribution in [0.25, 0.3) is 0 Å². The summed E-state index contributed by atoms with van der Waals surface area (Å²) < 4.78 is 6.76. The van der Waals surface area contributed by atoms with Gasteiger partial charge in [-0.3, -0.25) is 4.90 Å². The van der Waals surface area contributed by atoms with Gasteiger partial charge in [0.2, 0.25) is 0 Å². The molecule has 0 bridgehead atoms. The van der Waals surface area contributed by atoms with Gasteiger partial charge in [-0.1, -0.05) is 0 Å². The van der Waals surface area contributed by atoms with Gasteiger partial charge in [0.1, 0.15) is 0 Å². The van der Waals surface area contributed by atoms with Crippen molar-refractivity contribution in [2.75, 3.05) is 19.8 Å². The van der Waals surface area contributed by atoms with Crippen molar-refractivity contribution in [2.45, 2.75) is 38.4 Å². The highest BCUT2D eigenvalue weighted by atomic mass is 79.9. The summed E-state index contributed by atoms with van der Waals surface area (Å²) in [6.07, 6.45) is 0. The summed E-state index contributed by atoms with van der Waals surface area (Å²) in [5.74, 6) is 0. The van der Waals surface area contributed by atoms with Gasteiger partial charge in [0.05, 0.1) is 23.0 Å². The number of nitrogens with zero attached hydrogens (tertiary/aromatic N) is 1. The molecule has 3 nitrogen and oxygen atoms in total. The van der Waals surface area contributed by atoms with Crippen LogP contribution in [-0.4, -0.2) is 36.2 Å². The van der Waals surface area contributed by atoms with E-state index in [9.17, 15) is 0 Å². The fourth-order valence-electron chi connectivity index (χ4n) is 2.57. The van der Waals surface area contributed by atoms with Gasteiger partial charge < -0.3 is 10.5 Å². The molecule has 2 rings (SSSR count). The van der Waals surface area contributed by atoms with Crippen LogP contribution in [0.15, 0.2) is 15.9 Å². The second-order valence-electron chi connectivity index (χ2n) is 5.50. The third-order valence-electron chi connectivity index (χ3n) is 3.43. The smallest absolute Gasteiger partial charge is 0.0702 e. The Morgan fingerprint density at radius 2 is 2.22 bits per heavy atom. The molecular formula is C13H21BrN2OS. The van der Waals surface area contributed by atoms with Crippen LogP contribution in [0.3, 0.4) is 0 Å². The lowest BCUT2D eigenvalue weighted by Gasteiger charge is -2.47. The van der Waals surface area contributed by atoms with Crippen LogP contribution in [0, 0.1) is 0 Å². The summed E-state index contributed by atoms with van der Waals surface area (Å²) in [7, 11) is 0. The highest BCUT2D eigenvalue weighted by molar-refractivity contribution is 9.11. The molecule has 2 atom stereocenters. The minimum Gasteiger partial charge on any atom is -0.378 e. The molecule has 0 aliphatic carbocycles. The van der Waals surface area contributed by atoms with Crippen molar-refractivity contribution in [2.24, 2.45) is 5.73 Å². The summed E-state index contributed by atoms with van der Waals surface area (Å²) >= 11 is 5.31. The largest absolute Gasteiger partial charge is 0.378 e. The van der Waals surface area contributed by atoms with E-state index in [2.05, 4.69) is 53.7 Å². The molecule has 0 radical (unpaired) electrons. The van der Waals surface area contributed by atoms with Gasteiger partial charge in [0, 0.05) is 23.0 Å². The zero-order valence-electron chi connectivity index (χ0n) is 11.1. The zero-order valence-corrected chi connectivity index (χ0v) is 13.6. The van der Waals surface area contributed by atoms with Crippen LogP contribution in [0.4, 0.5) is 0 Å². The molecule has 1 aromatic heterocycles. The molecule has 5 heteroatoms. The van der Waals surface area contributed by atoms with Crippen LogP contribution < -0.4 is 5.73 Å². The Morgan fingerprint density at radius 1 is 1.50 bits per heavy atom. The van der Waals surface area contributed by atoms with Gasteiger partial charge in [-0.25, -0.2) is 0 Å². The van der Waals surface area contributed by atoms with Crippen molar-refractivity contribution in [1.82, 2.24) is 4.90 Å².